The number of methoxy groups -OCH3 is 1. The van der Waals surface area contributed by atoms with Crippen molar-refractivity contribution in [3.05, 3.63) is 84.7 Å². The van der Waals surface area contributed by atoms with E-state index in [0.29, 0.717) is 53.2 Å². The quantitative estimate of drug-likeness (QED) is 0.245. The number of nitrogens with zero attached hydrogens (tertiary/aromatic N) is 5. The molecule has 2 aromatic carbocycles. The van der Waals surface area contributed by atoms with Gasteiger partial charge in [0.2, 0.25) is 0 Å². The summed E-state index contributed by atoms with van der Waals surface area (Å²) in [5.74, 6) is 1.38. The number of rotatable bonds is 9. The Balaban J connectivity index is 1.44. The van der Waals surface area contributed by atoms with Gasteiger partial charge in [-0.25, -0.2) is 14.4 Å². The van der Waals surface area contributed by atoms with Crippen molar-refractivity contribution in [2.75, 3.05) is 56.0 Å². The van der Waals surface area contributed by atoms with Gasteiger partial charge in [0.05, 0.1) is 31.7 Å². The third-order valence-electron chi connectivity index (χ3n) is 6.54. The van der Waals surface area contributed by atoms with E-state index in [1.807, 2.05) is 12.1 Å². The van der Waals surface area contributed by atoms with Crippen molar-refractivity contribution >= 4 is 40.5 Å². The van der Waals surface area contributed by atoms with Crippen LogP contribution in [0.2, 0.25) is 0 Å². The maximum Gasteiger partial charge on any atom is 0.144 e. The predicted octanol–water partition coefficient (Wildman–Crippen LogP) is 5.01. The summed E-state index contributed by atoms with van der Waals surface area (Å²) in [6, 6.07) is 15.8. The van der Waals surface area contributed by atoms with Crippen molar-refractivity contribution in [1.29, 1.82) is 0 Å². The number of benzene rings is 2. The standard InChI is InChI=1S/C30H31FN8O2/c1-33-18-20(17-32)23-14-26(28(40-2)15-27(23)39-9-11-41-12-10-39)38-30-16-29(35-19-36-30)37-21-7-8-34-25(13-21)22-5-3-4-6-24(22)31/h3-8,13-19H,9-12,32H2,1-2H3,(H2,34,35,36,37,38). The molecule has 1 fully saturated rings. The topological polar surface area (TPSA) is 123 Å². The third kappa shape index (κ3) is 6.42. The number of hydrogen-bond donors (Lipinski definition) is 3. The first kappa shape index (κ1) is 27.5. The van der Waals surface area contributed by atoms with Crippen LogP contribution in [0.3, 0.4) is 0 Å². The van der Waals surface area contributed by atoms with E-state index in [1.54, 1.807) is 69.2 Å². The summed E-state index contributed by atoms with van der Waals surface area (Å²) in [6.07, 6.45) is 6.34. The van der Waals surface area contributed by atoms with E-state index in [9.17, 15) is 4.39 Å². The van der Waals surface area contributed by atoms with Crippen LogP contribution in [-0.4, -0.2) is 61.6 Å². The molecule has 0 bridgehead atoms. The van der Waals surface area contributed by atoms with E-state index in [2.05, 4.69) is 35.5 Å². The molecule has 210 valence electrons. The van der Waals surface area contributed by atoms with Gasteiger partial charge in [-0.05, 0) is 30.3 Å². The highest BCUT2D eigenvalue weighted by atomic mass is 19.1. The Morgan fingerprint density at radius 1 is 1.05 bits per heavy atom. The lowest BCUT2D eigenvalue weighted by molar-refractivity contribution is 0.122. The van der Waals surface area contributed by atoms with E-state index in [0.717, 1.165) is 29.9 Å². The van der Waals surface area contributed by atoms with Gasteiger partial charge in [-0.1, -0.05) is 12.1 Å². The van der Waals surface area contributed by atoms with Gasteiger partial charge in [0.1, 0.15) is 29.5 Å². The van der Waals surface area contributed by atoms with Gasteiger partial charge >= 0.3 is 0 Å². The number of ether oxygens (including phenoxy) is 2. The summed E-state index contributed by atoms with van der Waals surface area (Å²) in [6.45, 7) is 2.78. The molecule has 1 aliphatic rings. The van der Waals surface area contributed by atoms with Crippen LogP contribution in [0.1, 0.15) is 5.56 Å². The molecule has 0 atom stereocenters. The van der Waals surface area contributed by atoms with Gasteiger partial charge in [0, 0.05) is 79.0 Å². The molecule has 4 aromatic rings. The van der Waals surface area contributed by atoms with E-state index in [-0.39, 0.29) is 5.82 Å². The first-order valence-corrected chi connectivity index (χ1v) is 13.1. The van der Waals surface area contributed by atoms with Crippen molar-refractivity contribution in [3.63, 3.8) is 0 Å². The van der Waals surface area contributed by atoms with E-state index in [4.69, 9.17) is 15.2 Å². The average Bonchev–Trinajstić information content (AvgIpc) is 3.01. The number of aliphatic imine (C=N–C) groups is 1. The Morgan fingerprint density at radius 2 is 1.83 bits per heavy atom. The Hall–Kier alpha value is -5.03. The number of hydrogen-bond acceptors (Lipinski definition) is 10. The van der Waals surface area contributed by atoms with E-state index < -0.39 is 0 Å². The van der Waals surface area contributed by atoms with Crippen LogP contribution in [-0.2, 0) is 4.74 Å². The fourth-order valence-electron chi connectivity index (χ4n) is 4.58. The van der Waals surface area contributed by atoms with Crippen molar-refractivity contribution in [1.82, 2.24) is 15.0 Å². The molecule has 4 N–H and O–H groups in total. The van der Waals surface area contributed by atoms with E-state index in [1.165, 1.54) is 12.4 Å². The highest BCUT2D eigenvalue weighted by molar-refractivity contribution is 6.12. The highest BCUT2D eigenvalue weighted by Crippen LogP contribution is 2.38. The van der Waals surface area contributed by atoms with Gasteiger partial charge in [0.15, 0.2) is 0 Å². The minimum absolute atomic E-state index is 0.337. The smallest absolute Gasteiger partial charge is 0.144 e. The SMILES string of the molecule is CN=CC(=CN)c1cc(Nc2cc(Nc3ccnc(-c4ccccc4F)c3)ncn2)c(OC)cc1N1CCOCC1. The number of pyridine rings is 1. The van der Waals surface area contributed by atoms with Gasteiger partial charge in [-0.15, -0.1) is 0 Å². The molecule has 1 saturated heterocycles. The molecule has 0 spiro atoms. The summed E-state index contributed by atoms with van der Waals surface area (Å²) >= 11 is 0. The van der Waals surface area contributed by atoms with Gasteiger partial charge in [-0.3, -0.25) is 9.98 Å². The minimum Gasteiger partial charge on any atom is -0.494 e. The number of morpholine rings is 1. The molecular formula is C30H31FN8O2. The normalized spacial score (nSPS) is 13.8. The molecule has 41 heavy (non-hydrogen) atoms. The molecule has 0 aliphatic carbocycles. The lowest BCUT2D eigenvalue weighted by Gasteiger charge is -2.31. The molecule has 0 radical (unpaired) electrons. The number of nitrogens with one attached hydrogen (secondary N) is 2. The lowest BCUT2D eigenvalue weighted by Crippen LogP contribution is -2.36. The number of halogens is 1. The fourth-order valence-corrected chi connectivity index (χ4v) is 4.58. The summed E-state index contributed by atoms with van der Waals surface area (Å²) < 4.78 is 25.6. The molecular weight excluding hydrogens is 523 g/mol. The highest BCUT2D eigenvalue weighted by Gasteiger charge is 2.20. The molecule has 3 heterocycles. The van der Waals surface area contributed by atoms with Crippen LogP contribution in [0.15, 0.2) is 78.3 Å². The van der Waals surface area contributed by atoms with Crippen molar-refractivity contribution in [3.8, 4) is 17.0 Å². The number of anilines is 5. The zero-order chi connectivity index (χ0) is 28.6. The van der Waals surface area contributed by atoms with Crippen LogP contribution in [0.5, 0.6) is 5.75 Å². The molecule has 10 nitrogen and oxygen atoms in total. The van der Waals surface area contributed by atoms with Crippen LogP contribution in [0, 0.1) is 5.82 Å². The second kappa shape index (κ2) is 12.9. The fraction of sp³-hybridized carbons (Fsp3) is 0.200. The molecule has 5 rings (SSSR count). The zero-order valence-electron chi connectivity index (χ0n) is 22.8. The number of aromatic nitrogens is 3. The summed E-state index contributed by atoms with van der Waals surface area (Å²) in [5, 5.41) is 6.60. The Morgan fingerprint density at radius 3 is 2.56 bits per heavy atom. The molecule has 0 unspecified atom stereocenters. The summed E-state index contributed by atoms with van der Waals surface area (Å²) in [5.41, 5.74) is 11.0. The molecule has 0 saturated carbocycles. The lowest BCUT2D eigenvalue weighted by atomic mass is 10.0. The van der Waals surface area contributed by atoms with Gasteiger partial charge in [-0.2, -0.15) is 0 Å². The first-order chi connectivity index (χ1) is 20.1. The van der Waals surface area contributed by atoms with Crippen molar-refractivity contribution in [2.24, 2.45) is 10.7 Å². The largest absolute Gasteiger partial charge is 0.494 e. The van der Waals surface area contributed by atoms with Crippen LogP contribution in [0.25, 0.3) is 16.8 Å². The maximum atomic E-state index is 14.3. The van der Waals surface area contributed by atoms with Crippen molar-refractivity contribution < 1.29 is 13.9 Å². The Labute approximate surface area is 237 Å². The minimum atomic E-state index is -0.337. The van der Waals surface area contributed by atoms with Gasteiger partial charge < -0.3 is 30.7 Å². The first-order valence-electron chi connectivity index (χ1n) is 13.1. The second-order valence-electron chi connectivity index (χ2n) is 9.13. The van der Waals surface area contributed by atoms with Gasteiger partial charge in [0.25, 0.3) is 0 Å². The summed E-state index contributed by atoms with van der Waals surface area (Å²) in [4.78, 5) is 19.5. The number of nitrogens with two attached hydrogens (primary N) is 1. The maximum absolute atomic E-state index is 14.3. The van der Waals surface area contributed by atoms with Crippen molar-refractivity contribution in [2.45, 2.75) is 0 Å². The van der Waals surface area contributed by atoms with Crippen LogP contribution < -0.4 is 26.0 Å². The summed E-state index contributed by atoms with van der Waals surface area (Å²) in [7, 11) is 3.33. The van der Waals surface area contributed by atoms with Crippen LogP contribution in [0.4, 0.5) is 33.1 Å². The Kier molecular flexibility index (Phi) is 8.65. The average molecular weight is 555 g/mol. The molecule has 2 aromatic heterocycles. The molecule has 0 amide bonds. The monoisotopic (exact) mass is 554 g/mol. The van der Waals surface area contributed by atoms with E-state index >= 15 is 0 Å². The zero-order valence-corrected chi connectivity index (χ0v) is 22.8. The molecule has 1 aliphatic heterocycles. The third-order valence-corrected chi connectivity index (χ3v) is 6.54. The molecule has 11 heteroatoms. The predicted molar refractivity (Wildman–Crippen MR) is 161 cm³/mol. The Bertz CT molecular complexity index is 1570. The second-order valence-corrected chi connectivity index (χ2v) is 9.13. The number of allylic oxidation sites excluding steroid dienone is 1. The van der Waals surface area contributed by atoms with Crippen LogP contribution >= 0.6 is 0 Å².